The van der Waals surface area contributed by atoms with E-state index < -0.39 is 20.5 Å². The fourth-order valence-electron chi connectivity index (χ4n) is 1.35. The van der Waals surface area contributed by atoms with Crippen LogP contribution >= 0.6 is 0 Å². The highest BCUT2D eigenvalue weighted by molar-refractivity contribution is 7.89. The van der Waals surface area contributed by atoms with Crippen LogP contribution in [0.25, 0.3) is 0 Å². The molecule has 0 radical (unpaired) electrons. The van der Waals surface area contributed by atoms with Gasteiger partial charge in [0, 0.05) is 18.2 Å². The molecule has 0 atom stereocenters. The average Bonchev–Trinajstić information content (AvgIpc) is 2.35. The van der Waals surface area contributed by atoms with Gasteiger partial charge >= 0.3 is 0 Å². The van der Waals surface area contributed by atoms with E-state index in [1.54, 1.807) is 13.8 Å². The van der Waals surface area contributed by atoms with Crippen LogP contribution in [0, 0.1) is 10.1 Å². The zero-order valence-corrected chi connectivity index (χ0v) is 12.2. The monoisotopic (exact) mass is 303 g/mol. The first kappa shape index (κ1) is 16.3. The van der Waals surface area contributed by atoms with Gasteiger partial charge in [0.05, 0.1) is 18.1 Å². The van der Waals surface area contributed by atoms with Gasteiger partial charge in [0.25, 0.3) is 5.69 Å². The lowest BCUT2D eigenvalue weighted by Gasteiger charge is -2.19. The third-order valence-corrected chi connectivity index (χ3v) is 3.81. The van der Waals surface area contributed by atoms with Crippen molar-refractivity contribution in [3.63, 3.8) is 0 Å². The second kappa shape index (κ2) is 5.73. The van der Waals surface area contributed by atoms with Gasteiger partial charge in [-0.2, -0.15) is 0 Å². The number of sulfonamides is 1. The van der Waals surface area contributed by atoms with Gasteiger partial charge in [0.15, 0.2) is 0 Å². The molecule has 0 bridgehead atoms. The van der Waals surface area contributed by atoms with Gasteiger partial charge in [0.2, 0.25) is 10.0 Å². The number of non-ortho nitro benzene ring substituents is 1. The number of nitro benzene ring substituents is 1. The summed E-state index contributed by atoms with van der Waals surface area (Å²) in [5.41, 5.74) is 4.74. The van der Waals surface area contributed by atoms with Crippen LogP contribution in [0.3, 0.4) is 0 Å². The van der Waals surface area contributed by atoms with Crippen molar-refractivity contribution >= 4 is 15.7 Å². The zero-order valence-electron chi connectivity index (χ0n) is 11.4. The molecule has 0 unspecified atom stereocenters. The van der Waals surface area contributed by atoms with E-state index in [0.717, 1.165) is 18.2 Å². The van der Waals surface area contributed by atoms with Gasteiger partial charge in [0.1, 0.15) is 10.6 Å². The van der Waals surface area contributed by atoms with Gasteiger partial charge in [-0.3, -0.25) is 10.1 Å². The number of nitrogens with two attached hydrogens (primary N) is 1. The van der Waals surface area contributed by atoms with E-state index in [2.05, 4.69) is 4.72 Å². The lowest BCUT2D eigenvalue weighted by molar-refractivity contribution is -0.385. The third kappa shape index (κ3) is 4.15. The number of rotatable bonds is 6. The van der Waals surface area contributed by atoms with Crippen molar-refractivity contribution in [3.8, 4) is 5.75 Å². The smallest absolute Gasteiger partial charge is 0.273 e. The largest absolute Gasteiger partial charge is 0.495 e. The number of benzene rings is 1. The van der Waals surface area contributed by atoms with E-state index >= 15 is 0 Å². The fraction of sp³-hybridized carbons (Fsp3) is 0.455. The number of nitrogens with one attached hydrogen (secondary N) is 1. The zero-order chi connectivity index (χ0) is 15.6. The van der Waals surface area contributed by atoms with Gasteiger partial charge in [-0.25, -0.2) is 13.1 Å². The molecule has 0 heterocycles. The highest BCUT2D eigenvalue weighted by atomic mass is 32.2. The van der Waals surface area contributed by atoms with Crippen LogP contribution in [-0.2, 0) is 10.0 Å². The molecule has 0 amide bonds. The summed E-state index contributed by atoms with van der Waals surface area (Å²) >= 11 is 0. The molecule has 0 saturated carbocycles. The first-order chi connectivity index (χ1) is 9.07. The summed E-state index contributed by atoms with van der Waals surface area (Å²) in [6.07, 6.45) is 0. The van der Waals surface area contributed by atoms with Gasteiger partial charge in [-0.05, 0) is 19.9 Å². The van der Waals surface area contributed by atoms with Crippen LogP contribution < -0.4 is 15.2 Å². The molecule has 112 valence electrons. The predicted molar refractivity (Wildman–Crippen MR) is 73.1 cm³/mol. The van der Waals surface area contributed by atoms with E-state index in [1.807, 2.05) is 0 Å². The molecule has 20 heavy (non-hydrogen) atoms. The molecule has 8 nitrogen and oxygen atoms in total. The van der Waals surface area contributed by atoms with Crippen molar-refractivity contribution in [3.05, 3.63) is 28.3 Å². The minimum atomic E-state index is -3.86. The van der Waals surface area contributed by atoms with Crippen molar-refractivity contribution in [1.29, 1.82) is 0 Å². The molecule has 0 saturated heterocycles. The summed E-state index contributed by atoms with van der Waals surface area (Å²) < 4.78 is 31.5. The van der Waals surface area contributed by atoms with Crippen molar-refractivity contribution < 1.29 is 18.1 Å². The SMILES string of the molecule is COc1cc([N+](=O)[O-])ccc1S(=O)(=O)NCC(C)(C)N. The van der Waals surface area contributed by atoms with E-state index in [1.165, 1.54) is 7.11 Å². The Balaban J connectivity index is 3.15. The number of ether oxygens (including phenoxy) is 1. The summed E-state index contributed by atoms with van der Waals surface area (Å²) in [7, 11) is -2.62. The van der Waals surface area contributed by atoms with Crippen molar-refractivity contribution in [2.24, 2.45) is 5.73 Å². The Kier molecular flexibility index (Phi) is 4.69. The number of nitrogens with zero attached hydrogens (tertiary/aromatic N) is 1. The van der Waals surface area contributed by atoms with Crippen LogP contribution in [0.4, 0.5) is 5.69 Å². The van der Waals surface area contributed by atoms with E-state index in [4.69, 9.17) is 10.5 Å². The lowest BCUT2D eigenvalue weighted by atomic mass is 10.1. The number of hydrogen-bond acceptors (Lipinski definition) is 6. The van der Waals surface area contributed by atoms with Gasteiger partial charge < -0.3 is 10.5 Å². The second-order valence-corrected chi connectivity index (χ2v) is 6.64. The van der Waals surface area contributed by atoms with Crippen LogP contribution in [0.1, 0.15) is 13.8 Å². The standard InChI is InChI=1S/C11H17N3O5S/c1-11(2,12)7-13-20(17,18)10-5-4-8(14(15)16)6-9(10)19-3/h4-6,13H,7,12H2,1-3H3. The Hall–Kier alpha value is -1.71. The maximum atomic E-state index is 12.1. The third-order valence-electron chi connectivity index (χ3n) is 2.37. The molecule has 0 aliphatic rings. The van der Waals surface area contributed by atoms with Gasteiger partial charge in [-0.15, -0.1) is 0 Å². The Bertz CT molecular complexity index is 607. The molecule has 1 rings (SSSR count). The number of methoxy groups -OCH3 is 1. The maximum Gasteiger partial charge on any atom is 0.273 e. The van der Waals surface area contributed by atoms with E-state index in [9.17, 15) is 18.5 Å². The van der Waals surface area contributed by atoms with Crippen LogP contribution in [0.5, 0.6) is 5.75 Å². The molecular weight excluding hydrogens is 286 g/mol. The van der Waals surface area contributed by atoms with Crippen LogP contribution in [-0.4, -0.2) is 32.5 Å². The normalized spacial score (nSPS) is 12.2. The van der Waals surface area contributed by atoms with Gasteiger partial charge in [-0.1, -0.05) is 0 Å². The Morgan fingerprint density at radius 2 is 2.05 bits per heavy atom. The summed E-state index contributed by atoms with van der Waals surface area (Å²) in [6, 6.07) is 3.29. The number of hydrogen-bond donors (Lipinski definition) is 2. The Morgan fingerprint density at radius 1 is 1.45 bits per heavy atom. The van der Waals surface area contributed by atoms with E-state index in [-0.39, 0.29) is 22.9 Å². The molecule has 0 aliphatic heterocycles. The second-order valence-electron chi connectivity index (χ2n) is 4.91. The molecule has 0 fully saturated rings. The number of nitro groups is 1. The quantitative estimate of drug-likeness (QED) is 0.586. The first-order valence-electron chi connectivity index (χ1n) is 5.68. The molecule has 1 aromatic rings. The topological polar surface area (TPSA) is 125 Å². The maximum absolute atomic E-state index is 12.1. The molecular formula is C11H17N3O5S. The minimum Gasteiger partial charge on any atom is -0.495 e. The molecule has 0 aromatic heterocycles. The summed E-state index contributed by atoms with van der Waals surface area (Å²) in [5.74, 6) is -0.0958. The lowest BCUT2D eigenvalue weighted by Crippen LogP contribution is -2.45. The molecule has 0 aliphatic carbocycles. The molecule has 3 N–H and O–H groups in total. The highest BCUT2D eigenvalue weighted by Crippen LogP contribution is 2.28. The van der Waals surface area contributed by atoms with Crippen molar-refractivity contribution in [2.75, 3.05) is 13.7 Å². The highest BCUT2D eigenvalue weighted by Gasteiger charge is 2.24. The molecule has 9 heteroatoms. The summed E-state index contributed by atoms with van der Waals surface area (Å²) in [6.45, 7) is 3.36. The van der Waals surface area contributed by atoms with Crippen molar-refractivity contribution in [2.45, 2.75) is 24.3 Å². The molecule has 0 spiro atoms. The summed E-state index contributed by atoms with van der Waals surface area (Å²) in [5, 5.41) is 10.7. The summed E-state index contributed by atoms with van der Waals surface area (Å²) in [4.78, 5) is 9.85. The molecule has 1 aromatic carbocycles. The first-order valence-corrected chi connectivity index (χ1v) is 7.16. The Morgan fingerprint density at radius 3 is 2.50 bits per heavy atom. The van der Waals surface area contributed by atoms with E-state index in [0.29, 0.717) is 0 Å². The fourth-order valence-corrected chi connectivity index (χ4v) is 2.72. The minimum absolute atomic E-state index is 0.0233. The van der Waals surface area contributed by atoms with Crippen molar-refractivity contribution in [1.82, 2.24) is 4.72 Å². The van der Waals surface area contributed by atoms with Crippen LogP contribution in [0.15, 0.2) is 23.1 Å². The average molecular weight is 303 g/mol. The Labute approximate surface area is 117 Å². The predicted octanol–water partition coefficient (Wildman–Crippen LogP) is 0.619. The van der Waals surface area contributed by atoms with Crippen LogP contribution in [0.2, 0.25) is 0 Å².